The number of hydrogen-bond donors (Lipinski definition) is 4. The molecule has 0 spiro atoms. The van der Waals surface area contributed by atoms with Crippen LogP contribution in [-0.4, -0.2) is 70.9 Å². The Labute approximate surface area is 300 Å². The lowest BCUT2D eigenvalue weighted by Crippen LogP contribution is -2.57. The van der Waals surface area contributed by atoms with Crippen molar-refractivity contribution < 1.29 is 49.4 Å². The highest BCUT2D eigenvalue weighted by Crippen LogP contribution is 2.46. The van der Waals surface area contributed by atoms with Crippen molar-refractivity contribution in [2.75, 3.05) is 30.6 Å². The highest BCUT2D eigenvalue weighted by Gasteiger charge is 2.49. The molecule has 4 atom stereocenters. The molecule has 1 aliphatic carbocycles. The molecule has 3 aromatic carbocycles. The molecular formula is C37H40FN3O9S. The molecule has 1 saturated carbocycles. The number of fused-ring (bicyclic) bond motifs is 1. The Morgan fingerprint density at radius 1 is 1.00 bits per heavy atom. The molecule has 0 unspecified atom stereocenters. The van der Waals surface area contributed by atoms with E-state index in [0.29, 0.717) is 41.3 Å². The third kappa shape index (κ3) is 8.92. The minimum absolute atomic E-state index is 0.000355. The van der Waals surface area contributed by atoms with Gasteiger partial charge in [-0.1, -0.05) is 50.3 Å². The number of rotatable bonds is 15. The van der Waals surface area contributed by atoms with Gasteiger partial charge in [0, 0.05) is 12.8 Å². The van der Waals surface area contributed by atoms with Crippen LogP contribution in [-0.2, 0) is 19.2 Å². The Hall–Kier alpha value is -4.82. The van der Waals surface area contributed by atoms with E-state index in [9.17, 15) is 33.8 Å². The molecule has 1 saturated heterocycles. The number of aliphatic carboxylic acids is 1. The summed E-state index contributed by atoms with van der Waals surface area (Å²) < 4.78 is 38.6. The second-order valence-corrected chi connectivity index (χ2v) is 13.8. The second-order valence-electron chi connectivity index (χ2n) is 12.6. The number of ether oxygens (including phenoxy) is 3. The minimum Gasteiger partial charge on any atom is -0.484 e. The number of amides is 3. The molecule has 2 fully saturated rings. The van der Waals surface area contributed by atoms with Gasteiger partial charge in [-0.05, 0) is 72.0 Å². The van der Waals surface area contributed by atoms with E-state index < -0.39 is 66.1 Å². The van der Waals surface area contributed by atoms with Crippen molar-refractivity contribution in [3.05, 3.63) is 83.7 Å². The standard InChI is InChI=1S/C37H40FN3O9S/c38-25-9-11-26(12-10-25)41-34(35(36(41)45)51-20-29(42)24-8-15-30-31(17-24)50-21-49-30)23-6-13-27(14-7-23)48-19-33(44)39-18-32(43)40-28(37(46)47)16-22-4-2-1-3-5-22/h6-15,17,22,28-29,34-35,42H,1-5,16,18-21H2,(H,39,44)(H,40,43)(H,46,47)/t28-,29-,34+,35+/m0/s1/i22D. The third-order valence-electron chi connectivity index (χ3n) is 9.09. The number of hydrogen-bond acceptors (Lipinski definition) is 9. The Balaban J connectivity index is 1.03. The van der Waals surface area contributed by atoms with Gasteiger partial charge in [0.15, 0.2) is 18.1 Å². The van der Waals surface area contributed by atoms with Gasteiger partial charge in [-0.3, -0.25) is 14.4 Å². The second kappa shape index (κ2) is 16.5. The molecule has 12 nitrogen and oxygen atoms in total. The van der Waals surface area contributed by atoms with Gasteiger partial charge in [-0.25, -0.2) is 9.18 Å². The minimum atomic E-state index is -1.22. The van der Waals surface area contributed by atoms with E-state index in [1.807, 2.05) is 0 Å². The van der Waals surface area contributed by atoms with Crippen molar-refractivity contribution in [1.82, 2.24) is 10.6 Å². The predicted molar refractivity (Wildman–Crippen MR) is 186 cm³/mol. The molecule has 0 radical (unpaired) electrons. The Bertz CT molecular complexity index is 1770. The number of carboxylic acid groups (broad SMARTS) is 1. The van der Waals surface area contributed by atoms with Gasteiger partial charge < -0.3 is 40.0 Å². The normalized spacial score (nSPS) is 20.4. The number of carbonyl (C=O) groups excluding carboxylic acids is 3. The third-order valence-corrected chi connectivity index (χ3v) is 10.4. The SMILES string of the molecule is [2H]C1(C[C@H](NC(=O)CNC(=O)COc2ccc([C@@H]3[C@@H](SC[C@H](O)c4ccc5c(c4)OCO5)C(=O)N3c3ccc(F)cc3)cc2)C(=O)O)CCCCC1. The van der Waals surface area contributed by atoms with Gasteiger partial charge in [0.1, 0.15) is 22.9 Å². The van der Waals surface area contributed by atoms with E-state index in [-0.39, 0.29) is 24.9 Å². The number of carboxylic acids is 1. The summed E-state index contributed by atoms with van der Waals surface area (Å²) in [5, 5.41) is 24.8. The van der Waals surface area contributed by atoms with Crippen molar-refractivity contribution in [3.63, 3.8) is 0 Å². The molecule has 3 amide bonds. The zero-order chi connectivity index (χ0) is 36.8. The average Bonchev–Trinajstić information content (AvgIpc) is 3.61. The van der Waals surface area contributed by atoms with E-state index in [2.05, 4.69) is 10.6 Å². The average molecular weight is 723 g/mol. The Morgan fingerprint density at radius 3 is 2.45 bits per heavy atom. The Morgan fingerprint density at radius 2 is 1.73 bits per heavy atom. The maximum atomic E-state index is 13.7. The van der Waals surface area contributed by atoms with E-state index >= 15 is 0 Å². The summed E-state index contributed by atoms with van der Waals surface area (Å²) in [6.07, 6.45) is 3.01. The lowest BCUT2D eigenvalue weighted by molar-refractivity contribution is -0.142. The van der Waals surface area contributed by atoms with Crippen LogP contribution in [0, 0.1) is 11.7 Å². The monoisotopic (exact) mass is 722 g/mol. The lowest BCUT2D eigenvalue weighted by Gasteiger charge is -2.47. The largest absolute Gasteiger partial charge is 0.484 e. The van der Waals surface area contributed by atoms with Crippen LogP contribution < -0.4 is 29.7 Å². The highest BCUT2D eigenvalue weighted by molar-refractivity contribution is 8.00. The van der Waals surface area contributed by atoms with Crippen LogP contribution in [0.5, 0.6) is 17.2 Å². The number of carbonyl (C=O) groups is 4. The van der Waals surface area contributed by atoms with Crippen molar-refractivity contribution in [2.24, 2.45) is 5.89 Å². The number of thioether (sulfide) groups is 1. The first-order chi connectivity index (χ1) is 25.0. The van der Waals surface area contributed by atoms with Crippen molar-refractivity contribution in [2.45, 2.75) is 62.0 Å². The van der Waals surface area contributed by atoms with Crippen LogP contribution in [0.15, 0.2) is 66.7 Å². The predicted octanol–water partition coefficient (Wildman–Crippen LogP) is 4.51. The van der Waals surface area contributed by atoms with E-state index in [1.165, 1.54) is 36.0 Å². The Kier molecular flexibility index (Phi) is 11.2. The molecular weight excluding hydrogens is 681 g/mol. The summed E-state index contributed by atoms with van der Waals surface area (Å²) in [5.41, 5.74) is 1.90. The lowest BCUT2D eigenvalue weighted by atomic mass is 9.85. The number of halogens is 1. The zero-order valence-corrected chi connectivity index (χ0v) is 28.5. The fraction of sp³-hybridized carbons (Fsp3) is 0.405. The molecule has 270 valence electrons. The molecule has 4 N–H and O–H groups in total. The molecule has 0 aromatic heterocycles. The van der Waals surface area contributed by atoms with Crippen molar-refractivity contribution in [3.8, 4) is 17.2 Å². The van der Waals surface area contributed by atoms with Crippen LogP contribution in [0.4, 0.5) is 10.1 Å². The van der Waals surface area contributed by atoms with Gasteiger partial charge in [0.2, 0.25) is 18.6 Å². The topological polar surface area (TPSA) is 164 Å². The highest BCUT2D eigenvalue weighted by atomic mass is 32.2. The van der Waals surface area contributed by atoms with Gasteiger partial charge in [-0.2, -0.15) is 0 Å². The number of nitrogens with zero attached hydrogens (tertiary/aromatic N) is 1. The zero-order valence-electron chi connectivity index (χ0n) is 28.7. The van der Waals surface area contributed by atoms with Gasteiger partial charge >= 0.3 is 5.97 Å². The molecule has 6 rings (SSSR count). The molecule has 2 aliphatic heterocycles. The number of aliphatic hydroxyl groups is 1. The molecule has 2 heterocycles. The van der Waals surface area contributed by atoms with Crippen LogP contribution in [0.1, 0.15) is 63.2 Å². The van der Waals surface area contributed by atoms with Gasteiger partial charge in [0.05, 0.1) is 18.7 Å². The number of benzene rings is 3. The number of anilines is 1. The van der Waals surface area contributed by atoms with Crippen LogP contribution in [0.3, 0.4) is 0 Å². The van der Waals surface area contributed by atoms with E-state index in [4.69, 9.17) is 15.6 Å². The van der Waals surface area contributed by atoms with Crippen LogP contribution in [0.2, 0.25) is 0 Å². The number of β-lactam (4-membered cyclic amide) rings is 1. The summed E-state index contributed by atoms with van der Waals surface area (Å²) in [4.78, 5) is 51.7. The molecule has 51 heavy (non-hydrogen) atoms. The van der Waals surface area contributed by atoms with Crippen LogP contribution >= 0.6 is 11.8 Å². The maximum absolute atomic E-state index is 13.7. The van der Waals surface area contributed by atoms with Crippen molar-refractivity contribution in [1.29, 1.82) is 0 Å². The first-order valence-electron chi connectivity index (χ1n) is 17.3. The summed E-state index contributed by atoms with van der Waals surface area (Å²) in [5.74, 6) is -2.30. The summed E-state index contributed by atoms with van der Waals surface area (Å²) in [6, 6.07) is 16.0. The first-order valence-corrected chi connectivity index (χ1v) is 17.8. The van der Waals surface area contributed by atoms with Crippen LogP contribution in [0.25, 0.3) is 0 Å². The van der Waals surface area contributed by atoms with Crippen molar-refractivity contribution >= 4 is 41.1 Å². The van der Waals surface area contributed by atoms with Gasteiger partial charge in [0.25, 0.3) is 5.91 Å². The fourth-order valence-corrected chi connectivity index (χ4v) is 7.68. The first kappa shape index (κ1) is 34.6. The number of nitrogens with one attached hydrogen (secondary N) is 2. The number of aliphatic hydroxyl groups excluding tert-OH is 1. The molecule has 3 aliphatic rings. The smallest absolute Gasteiger partial charge is 0.326 e. The summed E-state index contributed by atoms with van der Waals surface area (Å²) in [7, 11) is 0. The molecule has 14 heteroatoms. The summed E-state index contributed by atoms with van der Waals surface area (Å²) in [6.45, 7) is -0.750. The van der Waals surface area contributed by atoms with E-state index in [0.717, 1.165) is 24.8 Å². The maximum Gasteiger partial charge on any atom is 0.326 e. The fourth-order valence-electron chi connectivity index (χ4n) is 6.38. The van der Waals surface area contributed by atoms with E-state index in [1.54, 1.807) is 47.4 Å². The summed E-state index contributed by atoms with van der Waals surface area (Å²) >= 11 is 1.31. The quantitative estimate of drug-likeness (QED) is 0.164. The van der Waals surface area contributed by atoms with Gasteiger partial charge in [-0.15, -0.1) is 11.8 Å². The molecule has 3 aromatic rings. The molecule has 0 bridgehead atoms.